The molecule has 0 aliphatic carbocycles. The Morgan fingerprint density at radius 3 is 2.64 bits per heavy atom. The van der Waals surface area contributed by atoms with E-state index in [1.807, 2.05) is 25.2 Å². The van der Waals surface area contributed by atoms with Gasteiger partial charge in [-0.25, -0.2) is 0 Å². The third-order valence-corrected chi connectivity index (χ3v) is 1.47. The number of aliphatic carboxylic acids is 1. The van der Waals surface area contributed by atoms with Gasteiger partial charge in [-0.2, -0.15) is 0 Å². The maximum Gasteiger partial charge on any atom is 0.306 e. The number of carboxylic acid groups (broad SMARTS) is 1. The highest BCUT2D eigenvalue weighted by atomic mass is 16.4. The van der Waals surface area contributed by atoms with Gasteiger partial charge in [0, 0.05) is 0 Å². The van der Waals surface area contributed by atoms with Crippen molar-refractivity contribution in [1.29, 1.82) is 0 Å². The van der Waals surface area contributed by atoms with E-state index in [2.05, 4.69) is 0 Å². The van der Waals surface area contributed by atoms with Crippen LogP contribution in [0.3, 0.4) is 0 Å². The largest absolute Gasteiger partial charge is 0.481 e. The maximum absolute atomic E-state index is 10.2. The van der Waals surface area contributed by atoms with E-state index in [1.165, 1.54) is 6.08 Å². The Bertz CT molecular complexity index is 239. The van der Waals surface area contributed by atoms with Crippen molar-refractivity contribution in [3.63, 3.8) is 0 Å². The van der Waals surface area contributed by atoms with Gasteiger partial charge in [0.25, 0.3) is 0 Å². The number of aliphatic hydroxyl groups excluding tert-OH is 1. The molecule has 0 aliphatic rings. The Morgan fingerprint density at radius 1 is 1.36 bits per heavy atom. The first-order chi connectivity index (χ1) is 6.66. The summed E-state index contributed by atoms with van der Waals surface area (Å²) >= 11 is 0. The smallest absolute Gasteiger partial charge is 0.306 e. The summed E-state index contributed by atoms with van der Waals surface area (Å²) in [5.41, 5.74) is 0. The van der Waals surface area contributed by atoms with Crippen LogP contribution in [0.1, 0.15) is 19.8 Å². The summed E-state index contributed by atoms with van der Waals surface area (Å²) in [6.07, 6.45) is 10.5. The molecule has 14 heavy (non-hydrogen) atoms. The second-order valence-corrected chi connectivity index (χ2v) is 2.78. The molecule has 3 heteroatoms. The maximum atomic E-state index is 10.2. The number of hydrogen-bond acceptors (Lipinski definition) is 2. The normalized spacial score (nSPS) is 14.4. The molecule has 0 fully saturated rings. The molecular weight excluding hydrogens is 180 g/mol. The van der Waals surface area contributed by atoms with Crippen LogP contribution in [0.25, 0.3) is 0 Å². The van der Waals surface area contributed by atoms with E-state index >= 15 is 0 Å². The van der Waals surface area contributed by atoms with Crippen molar-refractivity contribution in [3.05, 3.63) is 36.5 Å². The van der Waals surface area contributed by atoms with Gasteiger partial charge in [-0.1, -0.05) is 36.5 Å². The first-order valence-corrected chi connectivity index (χ1v) is 4.51. The van der Waals surface area contributed by atoms with Crippen molar-refractivity contribution in [3.8, 4) is 0 Å². The van der Waals surface area contributed by atoms with E-state index in [9.17, 15) is 4.79 Å². The van der Waals surface area contributed by atoms with E-state index in [-0.39, 0.29) is 6.42 Å². The van der Waals surface area contributed by atoms with Crippen molar-refractivity contribution in [2.75, 3.05) is 0 Å². The second-order valence-electron chi connectivity index (χ2n) is 2.78. The molecule has 0 radical (unpaired) electrons. The molecule has 0 heterocycles. The van der Waals surface area contributed by atoms with Gasteiger partial charge in [-0.05, 0) is 13.3 Å². The third-order valence-electron chi connectivity index (χ3n) is 1.47. The molecule has 0 aromatic rings. The van der Waals surface area contributed by atoms with Gasteiger partial charge >= 0.3 is 5.97 Å². The molecule has 0 aromatic heterocycles. The van der Waals surface area contributed by atoms with Crippen LogP contribution < -0.4 is 0 Å². The molecule has 0 rings (SSSR count). The number of aliphatic hydroxyl groups is 1. The van der Waals surface area contributed by atoms with Crippen LogP contribution in [-0.2, 0) is 4.79 Å². The number of hydrogen-bond donors (Lipinski definition) is 2. The van der Waals surface area contributed by atoms with E-state index in [1.54, 1.807) is 12.2 Å². The lowest BCUT2D eigenvalue weighted by atomic mass is 10.2. The second kappa shape index (κ2) is 8.26. The monoisotopic (exact) mass is 196 g/mol. The topological polar surface area (TPSA) is 57.5 Å². The zero-order valence-corrected chi connectivity index (χ0v) is 8.26. The summed E-state index contributed by atoms with van der Waals surface area (Å²) in [5, 5.41) is 17.4. The summed E-state index contributed by atoms with van der Waals surface area (Å²) in [4.78, 5) is 10.2. The van der Waals surface area contributed by atoms with Gasteiger partial charge in [0.05, 0.1) is 12.5 Å². The van der Waals surface area contributed by atoms with Crippen molar-refractivity contribution >= 4 is 5.97 Å². The number of carboxylic acids is 1. The minimum absolute atomic E-state index is 0.251. The lowest BCUT2D eigenvalue weighted by Crippen LogP contribution is -2.09. The minimum atomic E-state index is -1.000. The van der Waals surface area contributed by atoms with Crippen LogP contribution in [0.4, 0.5) is 0 Å². The number of allylic oxidation sites excluding steroid dienone is 5. The number of rotatable bonds is 6. The van der Waals surface area contributed by atoms with Crippen LogP contribution in [0.15, 0.2) is 36.5 Å². The average Bonchev–Trinajstić information content (AvgIpc) is 2.10. The molecule has 1 unspecified atom stereocenters. The van der Waals surface area contributed by atoms with Gasteiger partial charge in [-0.3, -0.25) is 4.79 Å². The van der Waals surface area contributed by atoms with Gasteiger partial charge in [0.1, 0.15) is 0 Å². The molecule has 0 saturated carbocycles. The molecule has 0 aromatic carbocycles. The Labute approximate surface area is 84.1 Å². The zero-order valence-electron chi connectivity index (χ0n) is 8.26. The first kappa shape index (κ1) is 12.7. The summed E-state index contributed by atoms with van der Waals surface area (Å²) in [7, 11) is 0. The van der Waals surface area contributed by atoms with Crippen molar-refractivity contribution in [2.24, 2.45) is 0 Å². The Hall–Kier alpha value is -1.35. The summed E-state index contributed by atoms with van der Waals surface area (Å²) in [5.74, 6) is -1.000. The van der Waals surface area contributed by atoms with Gasteiger partial charge in [0.15, 0.2) is 0 Å². The predicted molar refractivity (Wildman–Crippen MR) is 56.0 cm³/mol. The van der Waals surface area contributed by atoms with Crippen LogP contribution in [-0.4, -0.2) is 22.3 Å². The summed E-state index contributed by atoms with van der Waals surface area (Å²) < 4.78 is 0. The highest BCUT2D eigenvalue weighted by Crippen LogP contribution is 1.94. The minimum Gasteiger partial charge on any atom is -0.481 e. The predicted octanol–water partition coefficient (Wildman–Crippen LogP) is 1.90. The summed E-state index contributed by atoms with van der Waals surface area (Å²) in [6, 6.07) is 0. The zero-order chi connectivity index (χ0) is 10.8. The van der Waals surface area contributed by atoms with E-state index in [0.717, 1.165) is 6.42 Å². The molecule has 0 bridgehead atoms. The molecule has 0 saturated heterocycles. The van der Waals surface area contributed by atoms with Gasteiger partial charge in [0.2, 0.25) is 0 Å². The van der Waals surface area contributed by atoms with Gasteiger partial charge in [-0.15, -0.1) is 0 Å². The van der Waals surface area contributed by atoms with E-state index in [4.69, 9.17) is 10.2 Å². The van der Waals surface area contributed by atoms with Crippen LogP contribution >= 0.6 is 0 Å². The fraction of sp³-hybridized carbons (Fsp3) is 0.364. The fourth-order valence-corrected chi connectivity index (χ4v) is 0.811. The Morgan fingerprint density at radius 2 is 2.07 bits per heavy atom. The molecule has 3 nitrogen and oxygen atoms in total. The molecule has 2 N–H and O–H groups in total. The van der Waals surface area contributed by atoms with E-state index < -0.39 is 12.1 Å². The van der Waals surface area contributed by atoms with Crippen molar-refractivity contribution < 1.29 is 15.0 Å². The average molecular weight is 196 g/mol. The van der Waals surface area contributed by atoms with Crippen LogP contribution in [0, 0.1) is 0 Å². The molecule has 1 atom stereocenters. The Balaban J connectivity index is 3.70. The molecule has 0 aliphatic heterocycles. The lowest BCUT2D eigenvalue weighted by molar-refractivity contribution is -0.138. The molecule has 78 valence electrons. The number of carbonyl (C=O) groups is 1. The molecule has 0 spiro atoms. The van der Waals surface area contributed by atoms with Gasteiger partial charge < -0.3 is 10.2 Å². The standard InChI is InChI=1S/C11H16O3/c1-2-3-4-5-6-7-8-10(12)9-11(13)14/h2-3,5-8,10,12H,4,9H2,1H3,(H,13,14). The quantitative estimate of drug-likeness (QED) is 0.504. The highest BCUT2D eigenvalue weighted by molar-refractivity contribution is 5.67. The first-order valence-electron chi connectivity index (χ1n) is 4.51. The SMILES string of the molecule is CC=CCC=CC=CC(O)CC(=O)O. The molecular formula is C11H16O3. The fourth-order valence-electron chi connectivity index (χ4n) is 0.811. The van der Waals surface area contributed by atoms with Crippen LogP contribution in [0.2, 0.25) is 0 Å². The lowest BCUT2D eigenvalue weighted by Gasteiger charge is -1.98. The van der Waals surface area contributed by atoms with Crippen molar-refractivity contribution in [1.82, 2.24) is 0 Å². The third kappa shape index (κ3) is 8.74. The molecule has 0 amide bonds. The Kier molecular flexibility index (Phi) is 7.46. The van der Waals surface area contributed by atoms with E-state index in [0.29, 0.717) is 0 Å². The highest BCUT2D eigenvalue weighted by Gasteiger charge is 2.03. The summed E-state index contributed by atoms with van der Waals surface area (Å²) in [6.45, 7) is 1.94. The van der Waals surface area contributed by atoms with Crippen LogP contribution in [0.5, 0.6) is 0 Å². The van der Waals surface area contributed by atoms with Crippen molar-refractivity contribution in [2.45, 2.75) is 25.9 Å².